The van der Waals surface area contributed by atoms with Crippen LogP contribution in [0.3, 0.4) is 0 Å². The van der Waals surface area contributed by atoms with Crippen LogP contribution in [-0.4, -0.2) is 32.7 Å². The number of amides is 1. The van der Waals surface area contributed by atoms with E-state index in [4.69, 9.17) is 9.47 Å². The number of quaternary nitrogens is 1. The van der Waals surface area contributed by atoms with E-state index in [2.05, 4.69) is 27.3 Å². The van der Waals surface area contributed by atoms with E-state index < -0.39 is 0 Å². The molecule has 2 rings (SSSR count). The molecule has 0 radical (unpaired) electrons. The van der Waals surface area contributed by atoms with Gasteiger partial charge in [-0.15, -0.1) is 0 Å². The van der Waals surface area contributed by atoms with Crippen LogP contribution in [0.4, 0.5) is 5.69 Å². The van der Waals surface area contributed by atoms with Crippen molar-refractivity contribution in [2.75, 3.05) is 32.1 Å². The van der Waals surface area contributed by atoms with Gasteiger partial charge in [0, 0.05) is 21.8 Å². The Hall–Kier alpha value is -2.05. The summed E-state index contributed by atoms with van der Waals surface area (Å²) in [5.74, 6) is 1.28. The van der Waals surface area contributed by atoms with E-state index in [1.54, 1.807) is 6.07 Å². The van der Waals surface area contributed by atoms with Gasteiger partial charge in [0.2, 0.25) is 0 Å². The van der Waals surface area contributed by atoms with Gasteiger partial charge < -0.3 is 19.7 Å². The summed E-state index contributed by atoms with van der Waals surface area (Å²) in [5, 5.41) is 2.93. The third-order valence-electron chi connectivity index (χ3n) is 3.74. The molecule has 1 atom stereocenters. The number of rotatable bonds is 9. The Balaban J connectivity index is 1.96. The van der Waals surface area contributed by atoms with Crippen molar-refractivity contribution in [1.29, 1.82) is 0 Å². The minimum Gasteiger partial charge on any atom is -0.490 e. The predicted octanol–water partition coefficient (Wildman–Crippen LogP) is 2.90. The molecule has 140 valence electrons. The van der Waals surface area contributed by atoms with Crippen molar-refractivity contribution in [1.82, 2.24) is 0 Å². The number of hydrogen-bond donors (Lipinski definition) is 2. The van der Waals surface area contributed by atoms with Crippen molar-refractivity contribution in [3.8, 4) is 11.5 Å². The van der Waals surface area contributed by atoms with Gasteiger partial charge >= 0.3 is 0 Å². The summed E-state index contributed by atoms with van der Waals surface area (Å²) >= 11 is 3.55. The number of hydrogen-bond acceptors (Lipinski definition) is 3. The molecule has 2 aromatic rings. The maximum atomic E-state index is 12.4. The SMILES string of the molecule is CCOc1ccc(NC(=O)C[NH+](C)Cc2ccccc2Br)cc1OCC. The Morgan fingerprint density at radius 3 is 2.46 bits per heavy atom. The molecule has 0 aliphatic heterocycles. The molecule has 0 aromatic heterocycles. The summed E-state index contributed by atoms with van der Waals surface area (Å²) in [5.41, 5.74) is 1.88. The van der Waals surface area contributed by atoms with Gasteiger partial charge in [0.15, 0.2) is 18.0 Å². The highest BCUT2D eigenvalue weighted by molar-refractivity contribution is 9.10. The highest BCUT2D eigenvalue weighted by Crippen LogP contribution is 2.30. The Morgan fingerprint density at radius 1 is 1.08 bits per heavy atom. The van der Waals surface area contributed by atoms with Crippen LogP contribution in [0.25, 0.3) is 0 Å². The largest absolute Gasteiger partial charge is 0.490 e. The Bertz CT molecular complexity index is 737. The van der Waals surface area contributed by atoms with Crippen LogP contribution < -0.4 is 19.7 Å². The van der Waals surface area contributed by atoms with Crippen LogP contribution in [0.5, 0.6) is 11.5 Å². The van der Waals surface area contributed by atoms with Crippen LogP contribution in [0.15, 0.2) is 46.9 Å². The number of carbonyl (C=O) groups excluding carboxylic acids is 1. The normalized spacial score (nSPS) is 11.7. The molecule has 0 aliphatic carbocycles. The van der Waals surface area contributed by atoms with Crippen LogP contribution in [0.1, 0.15) is 19.4 Å². The van der Waals surface area contributed by atoms with Gasteiger partial charge in [0.1, 0.15) is 6.54 Å². The zero-order valence-electron chi connectivity index (χ0n) is 15.5. The van der Waals surface area contributed by atoms with Crippen molar-refractivity contribution >= 4 is 27.5 Å². The Labute approximate surface area is 163 Å². The minimum absolute atomic E-state index is 0.0406. The fourth-order valence-corrected chi connectivity index (χ4v) is 3.06. The number of halogens is 1. The third-order valence-corrected chi connectivity index (χ3v) is 4.51. The Kier molecular flexibility index (Phi) is 7.94. The maximum absolute atomic E-state index is 12.4. The maximum Gasteiger partial charge on any atom is 0.279 e. The molecule has 0 saturated carbocycles. The van der Waals surface area contributed by atoms with Crippen molar-refractivity contribution < 1.29 is 19.2 Å². The first kappa shape index (κ1) is 20.3. The number of carbonyl (C=O) groups is 1. The number of benzene rings is 2. The van der Waals surface area contributed by atoms with Crippen molar-refractivity contribution in [2.24, 2.45) is 0 Å². The van der Waals surface area contributed by atoms with Crippen molar-refractivity contribution in [3.63, 3.8) is 0 Å². The fraction of sp³-hybridized carbons (Fsp3) is 0.350. The van der Waals surface area contributed by atoms with Crippen LogP contribution >= 0.6 is 15.9 Å². The van der Waals surface area contributed by atoms with E-state index in [1.807, 2.05) is 51.2 Å². The molecule has 0 saturated heterocycles. The quantitative estimate of drug-likeness (QED) is 0.654. The highest BCUT2D eigenvalue weighted by atomic mass is 79.9. The van der Waals surface area contributed by atoms with E-state index >= 15 is 0 Å². The molecule has 0 heterocycles. The van der Waals surface area contributed by atoms with Gasteiger partial charge in [-0.1, -0.05) is 34.1 Å². The van der Waals surface area contributed by atoms with Crippen molar-refractivity contribution in [2.45, 2.75) is 20.4 Å². The van der Waals surface area contributed by atoms with E-state index in [-0.39, 0.29) is 5.91 Å². The summed E-state index contributed by atoms with van der Waals surface area (Å²) in [7, 11) is 2.00. The average molecular weight is 422 g/mol. The molecule has 2 aromatic carbocycles. The second-order valence-corrected chi connectivity index (χ2v) is 6.83. The van der Waals surface area contributed by atoms with Crippen LogP contribution in [0.2, 0.25) is 0 Å². The highest BCUT2D eigenvalue weighted by Gasteiger charge is 2.13. The number of nitrogens with one attached hydrogen (secondary N) is 2. The lowest BCUT2D eigenvalue weighted by molar-refractivity contribution is -0.885. The zero-order valence-corrected chi connectivity index (χ0v) is 17.1. The molecule has 26 heavy (non-hydrogen) atoms. The number of ether oxygens (including phenoxy) is 2. The molecule has 0 spiro atoms. The third kappa shape index (κ3) is 6.04. The first-order valence-corrected chi connectivity index (χ1v) is 9.57. The van der Waals surface area contributed by atoms with Crippen LogP contribution in [0, 0.1) is 0 Å². The molecule has 0 fully saturated rings. The lowest BCUT2D eigenvalue weighted by Gasteiger charge is -2.16. The molecule has 1 amide bonds. The molecular weight excluding hydrogens is 396 g/mol. The second kappa shape index (κ2) is 10.2. The summed E-state index contributed by atoms with van der Waals surface area (Å²) in [6.45, 7) is 6.09. The average Bonchev–Trinajstić information content (AvgIpc) is 2.59. The smallest absolute Gasteiger partial charge is 0.279 e. The van der Waals surface area contributed by atoms with Gasteiger partial charge in [-0.3, -0.25) is 4.79 Å². The van der Waals surface area contributed by atoms with Gasteiger partial charge in [-0.2, -0.15) is 0 Å². The first-order chi connectivity index (χ1) is 12.5. The molecule has 2 N–H and O–H groups in total. The summed E-state index contributed by atoms with van der Waals surface area (Å²) < 4.78 is 12.2. The fourth-order valence-electron chi connectivity index (χ4n) is 2.64. The lowest BCUT2D eigenvalue weighted by Crippen LogP contribution is -3.08. The number of likely N-dealkylation sites (N-methyl/N-ethyl adjacent to an activating group) is 1. The van der Waals surface area contributed by atoms with Gasteiger partial charge in [-0.25, -0.2) is 0 Å². The van der Waals surface area contributed by atoms with Crippen LogP contribution in [-0.2, 0) is 11.3 Å². The topological polar surface area (TPSA) is 52.0 Å². The standard InChI is InChI=1S/C20H25BrN2O3/c1-4-25-18-11-10-16(12-19(18)26-5-2)22-20(24)14-23(3)13-15-8-6-7-9-17(15)21/h6-12H,4-5,13-14H2,1-3H3,(H,22,24)/p+1. The molecule has 0 bridgehead atoms. The van der Waals surface area contributed by atoms with E-state index in [0.717, 1.165) is 15.9 Å². The monoisotopic (exact) mass is 421 g/mol. The first-order valence-electron chi connectivity index (χ1n) is 8.77. The van der Waals surface area contributed by atoms with E-state index in [0.29, 0.717) is 36.9 Å². The molecule has 1 unspecified atom stereocenters. The summed E-state index contributed by atoms with van der Waals surface area (Å²) in [4.78, 5) is 13.5. The summed E-state index contributed by atoms with van der Waals surface area (Å²) in [6, 6.07) is 13.5. The van der Waals surface area contributed by atoms with Crippen molar-refractivity contribution in [3.05, 3.63) is 52.5 Å². The lowest BCUT2D eigenvalue weighted by atomic mass is 10.2. The van der Waals surface area contributed by atoms with Gasteiger partial charge in [0.05, 0.1) is 20.3 Å². The minimum atomic E-state index is -0.0406. The zero-order chi connectivity index (χ0) is 18.9. The molecule has 5 nitrogen and oxygen atoms in total. The molecule has 0 aliphatic rings. The molecular formula is C20H26BrN2O3+. The van der Waals surface area contributed by atoms with Gasteiger partial charge in [-0.05, 0) is 32.0 Å². The number of anilines is 1. The second-order valence-electron chi connectivity index (χ2n) is 5.98. The Morgan fingerprint density at radius 2 is 1.77 bits per heavy atom. The van der Waals surface area contributed by atoms with E-state index in [9.17, 15) is 4.79 Å². The van der Waals surface area contributed by atoms with E-state index in [1.165, 1.54) is 5.56 Å². The predicted molar refractivity (Wildman–Crippen MR) is 107 cm³/mol. The molecule has 6 heteroatoms. The van der Waals surface area contributed by atoms with Gasteiger partial charge in [0.25, 0.3) is 5.91 Å². The summed E-state index contributed by atoms with van der Waals surface area (Å²) in [6.07, 6.45) is 0.